The van der Waals surface area contributed by atoms with E-state index in [0.29, 0.717) is 16.0 Å². The lowest BCUT2D eigenvalue weighted by atomic mass is 10.2. The molecule has 0 fully saturated rings. The summed E-state index contributed by atoms with van der Waals surface area (Å²) in [6.07, 6.45) is 0. The molecular weight excluding hydrogens is 304 g/mol. The van der Waals surface area contributed by atoms with Crippen LogP contribution < -0.4 is 9.47 Å². The number of aromatic nitrogens is 2. The monoisotopic (exact) mass is 320 g/mol. The fraction of sp³-hybridized carbons (Fsp3) is 0.333. The molecule has 8 nitrogen and oxygen atoms in total. The van der Waals surface area contributed by atoms with Crippen molar-refractivity contribution in [2.45, 2.75) is 20.5 Å². The van der Waals surface area contributed by atoms with Gasteiger partial charge >= 0.3 is 17.6 Å². The fourth-order valence-corrected chi connectivity index (χ4v) is 1.99. The van der Waals surface area contributed by atoms with Crippen molar-refractivity contribution in [3.8, 4) is 5.75 Å². The quantitative estimate of drug-likeness (QED) is 0.462. The smallest absolute Gasteiger partial charge is 0.407 e. The topological polar surface area (TPSA) is 102 Å². The van der Waals surface area contributed by atoms with E-state index in [0.717, 1.165) is 0 Å². The minimum absolute atomic E-state index is 0.0336. The van der Waals surface area contributed by atoms with Crippen molar-refractivity contribution >= 4 is 23.0 Å². The molecule has 122 valence electrons. The summed E-state index contributed by atoms with van der Waals surface area (Å²) in [6.45, 7) is 2.65. The molecule has 0 saturated heterocycles. The van der Waals surface area contributed by atoms with Gasteiger partial charge in [-0.1, -0.05) is 0 Å². The van der Waals surface area contributed by atoms with E-state index in [1.807, 2.05) is 0 Å². The maximum Gasteiger partial charge on any atom is 0.407 e. The summed E-state index contributed by atoms with van der Waals surface area (Å²) in [6, 6.07) is 4.68. The van der Waals surface area contributed by atoms with E-state index in [1.165, 1.54) is 20.1 Å². The molecule has 1 aromatic heterocycles. The zero-order chi connectivity index (χ0) is 17.0. The Bertz CT molecular complexity index is 759. The highest BCUT2D eigenvalue weighted by Crippen LogP contribution is 2.19. The van der Waals surface area contributed by atoms with E-state index >= 15 is 0 Å². The molecule has 0 amide bonds. The lowest BCUT2D eigenvalue weighted by Gasteiger charge is -2.11. The first kappa shape index (κ1) is 16.5. The molecule has 1 aromatic carbocycles. The summed E-state index contributed by atoms with van der Waals surface area (Å²) in [5.74, 6) is -0.929. The second-order valence-electron chi connectivity index (χ2n) is 4.56. The van der Waals surface area contributed by atoms with Gasteiger partial charge in [-0.3, -0.25) is 4.79 Å². The van der Waals surface area contributed by atoms with E-state index in [4.69, 9.17) is 14.2 Å². The number of esters is 2. The van der Waals surface area contributed by atoms with E-state index in [-0.39, 0.29) is 30.1 Å². The van der Waals surface area contributed by atoms with Crippen LogP contribution in [0.25, 0.3) is 11.0 Å². The van der Waals surface area contributed by atoms with Gasteiger partial charge in [0.2, 0.25) is 5.52 Å². The van der Waals surface area contributed by atoms with Gasteiger partial charge in [0.15, 0.2) is 5.69 Å². The van der Waals surface area contributed by atoms with Crippen LogP contribution in [-0.2, 0) is 20.9 Å². The Morgan fingerprint density at radius 3 is 2.65 bits per heavy atom. The molecule has 0 spiro atoms. The number of nitrogens with zero attached hydrogens (tertiary/aromatic N) is 2. The average molecular weight is 320 g/mol. The normalized spacial score (nSPS) is 10.4. The molecule has 23 heavy (non-hydrogen) atoms. The maximum absolute atomic E-state index is 12.6. The van der Waals surface area contributed by atoms with E-state index < -0.39 is 11.9 Å². The number of ether oxygens (including phenoxy) is 3. The summed E-state index contributed by atoms with van der Waals surface area (Å²) in [5, 5.41) is 12.6. The fourth-order valence-electron chi connectivity index (χ4n) is 1.99. The third kappa shape index (κ3) is 3.47. The van der Waals surface area contributed by atoms with Gasteiger partial charge in [-0.2, -0.15) is 4.73 Å². The molecule has 0 unspecified atom stereocenters. The largest absolute Gasteiger partial charge is 0.618 e. The highest BCUT2D eigenvalue weighted by atomic mass is 16.5. The van der Waals surface area contributed by atoms with Gasteiger partial charge < -0.3 is 19.4 Å². The van der Waals surface area contributed by atoms with Gasteiger partial charge in [-0.05, 0) is 19.1 Å². The van der Waals surface area contributed by atoms with Crippen LogP contribution in [0.15, 0.2) is 18.2 Å². The number of fused-ring (bicyclic) bond motifs is 1. The first-order valence-corrected chi connectivity index (χ1v) is 6.88. The zero-order valence-corrected chi connectivity index (χ0v) is 13.0. The van der Waals surface area contributed by atoms with E-state index in [1.54, 1.807) is 19.1 Å². The van der Waals surface area contributed by atoms with Crippen LogP contribution in [0.3, 0.4) is 0 Å². The van der Waals surface area contributed by atoms with Gasteiger partial charge in [0.25, 0.3) is 0 Å². The Morgan fingerprint density at radius 1 is 1.30 bits per heavy atom. The average Bonchev–Trinajstić information content (AvgIpc) is 2.52. The predicted molar refractivity (Wildman–Crippen MR) is 78.7 cm³/mol. The van der Waals surface area contributed by atoms with Crippen molar-refractivity contribution in [2.75, 3.05) is 13.7 Å². The van der Waals surface area contributed by atoms with Crippen LogP contribution in [0.4, 0.5) is 0 Å². The van der Waals surface area contributed by atoms with Crippen LogP contribution in [0.2, 0.25) is 0 Å². The Balaban J connectivity index is 2.63. The highest BCUT2D eigenvalue weighted by molar-refractivity contribution is 5.88. The zero-order valence-electron chi connectivity index (χ0n) is 13.0. The van der Waals surface area contributed by atoms with Crippen molar-refractivity contribution in [1.29, 1.82) is 0 Å². The minimum Gasteiger partial charge on any atom is -0.618 e. The molecule has 2 rings (SSSR count). The maximum atomic E-state index is 12.6. The molecule has 0 N–H and O–H groups in total. The van der Waals surface area contributed by atoms with Gasteiger partial charge in [0, 0.05) is 6.92 Å². The van der Waals surface area contributed by atoms with Crippen LogP contribution in [-0.4, -0.2) is 30.6 Å². The Hall–Kier alpha value is -2.90. The first-order chi connectivity index (χ1) is 11.0. The van der Waals surface area contributed by atoms with Gasteiger partial charge in [-0.25, -0.2) is 9.78 Å². The Morgan fingerprint density at radius 2 is 2.04 bits per heavy atom. The summed E-state index contributed by atoms with van der Waals surface area (Å²) in [5.41, 5.74) is 0.218. The highest BCUT2D eigenvalue weighted by Gasteiger charge is 2.28. The molecule has 0 bridgehead atoms. The van der Waals surface area contributed by atoms with Crippen LogP contribution in [0, 0.1) is 5.21 Å². The van der Waals surface area contributed by atoms with Crippen LogP contribution >= 0.6 is 0 Å². The number of carbonyl (C=O) groups excluding carboxylic acids is 2. The van der Waals surface area contributed by atoms with Crippen molar-refractivity contribution < 1.29 is 28.5 Å². The SMILES string of the molecule is CCOC(=O)c1c(COC(C)=O)nc2ccc(OC)cc2[n+]1[O-]. The molecule has 0 saturated carbocycles. The summed E-state index contributed by atoms with van der Waals surface area (Å²) in [4.78, 5) is 27.3. The summed E-state index contributed by atoms with van der Waals surface area (Å²) >= 11 is 0. The van der Waals surface area contributed by atoms with Crippen molar-refractivity contribution in [3.63, 3.8) is 0 Å². The molecule has 0 aliphatic carbocycles. The van der Waals surface area contributed by atoms with Crippen molar-refractivity contribution in [3.05, 3.63) is 34.8 Å². The number of rotatable bonds is 5. The van der Waals surface area contributed by atoms with Gasteiger partial charge in [0.05, 0.1) is 19.8 Å². The minimum atomic E-state index is -0.832. The van der Waals surface area contributed by atoms with Crippen molar-refractivity contribution in [1.82, 2.24) is 4.98 Å². The number of hydrogen-bond acceptors (Lipinski definition) is 7. The third-order valence-electron chi connectivity index (χ3n) is 3.01. The second-order valence-corrected chi connectivity index (χ2v) is 4.56. The van der Waals surface area contributed by atoms with Crippen molar-refractivity contribution in [2.24, 2.45) is 0 Å². The molecule has 0 aliphatic rings. The number of benzene rings is 1. The summed E-state index contributed by atoms with van der Waals surface area (Å²) in [7, 11) is 1.46. The molecule has 1 heterocycles. The van der Waals surface area contributed by atoms with E-state index in [2.05, 4.69) is 4.98 Å². The molecule has 8 heteroatoms. The molecule has 0 radical (unpaired) electrons. The summed E-state index contributed by atoms with van der Waals surface area (Å²) < 4.78 is 15.2. The molecule has 0 aliphatic heterocycles. The van der Waals surface area contributed by atoms with Crippen LogP contribution in [0.5, 0.6) is 5.75 Å². The number of hydrogen-bond donors (Lipinski definition) is 0. The lowest BCUT2D eigenvalue weighted by molar-refractivity contribution is -0.581. The van der Waals surface area contributed by atoms with Gasteiger partial charge in [-0.15, -0.1) is 0 Å². The Kier molecular flexibility index (Phi) is 4.95. The third-order valence-corrected chi connectivity index (χ3v) is 3.01. The van der Waals surface area contributed by atoms with Crippen LogP contribution in [0.1, 0.15) is 30.0 Å². The standard InChI is InChI=1S/C15H16N2O6/c1-4-22-15(19)14-12(8-23-9(2)18)16-11-6-5-10(21-3)7-13(11)17(14)20/h5-7H,4,8H2,1-3H3. The molecule has 0 atom stereocenters. The van der Waals surface area contributed by atoms with Gasteiger partial charge in [0.1, 0.15) is 17.9 Å². The molecule has 2 aromatic rings. The predicted octanol–water partition coefficient (Wildman–Crippen LogP) is 1.12. The number of carbonyl (C=O) groups is 2. The Labute approximate surface area is 132 Å². The second kappa shape index (κ2) is 6.91. The molecular formula is C15H16N2O6. The lowest BCUT2D eigenvalue weighted by Crippen LogP contribution is -2.39. The number of methoxy groups -OCH3 is 1. The first-order valence-electron chi connectivity index (χ1n) is 6.88. The van der Waals surface area contributed by atoms with E-state index in [9.17, 15) is 14.8 Å².